The smallest absolute Gasteiger partial charge is 0.323 e. The number of carbonyl (C=O) groups excluding carboxylic acids is 1. The van der Waals surface area contributed by atoms with Crippen LogP contribution in [-0.2, 0) is 5.41 Å². The van der Waals surface area contributed by atoms with Gasteiger partial charge in [0.25, 0.3) is 0 Å². The molecular weight excluding hydrogens is 376 g/mol. The van der Waals surface area contributed by atoms with Crippen LogP contribution in [0.3, 0.4) is 0 Å². The first-order chi connectivity index (χ1) is 13.3. The number of anilines is 2. The van der Waals surface area contributed by atoms with E-state index in [1.54, 1.807) is 24.3 Å². The predicted octanol–water partition coefficient (Wildman–Crippen LogP) is 5.86. The molecule has 28 heavy (non-hydrogen) atoms. The number of urea groups is 1. The summed E-state index contributed by atoms with van der Waals surface area (Å²) >= 11 is 5.81. The minimum absolute atomic E-state index is 0.0712. The fourth-order valence-corrected chi connectivity index (χ4v) is 2.58. The first-order valence-corrected chi connectivity index (χ1v) is 9.11. The summed E-state index contributed by atoms with van der Waals surface area (Å²) in [5.74, 6) is 0.913. The third-order valence-electron chi connectivity index (χ3n) is 3.95. The lowest BCUT2D eigenvalue weighted by Crippen LogP contribution is -2.19. The summed E-state index contributed by atoms with van der Waals surface area (Å²) in [5.41, 5.74) is 2.64. The van der Waals surface area contributed by atoms with Crippen LogP contribution in [0.2, 0.25) is 5.15 Å². The number of carbonyl (C=O) groups is 1. The van der Waals surface area contributed by atoms with Gasteiger partial charge in [-0.1, -0.05) is 44.5 Å². The number of benzene rings is 2. The molecule has 6 nitrogen and oxygen atoms in total. The van der Waals surface area contributed by atoms with E-state index in [0.29, 0.717) is 22.5 Å². The van der Waals surface area contributed by atoms with E-state index in [1.165, 1.54) is 18.0 Å². The summed E-state index contributed by atoms with van der Waals surface area (Å²) < 4.78 is 5.59. The summed E-state index contributed by atoms with van der Waals surface area (Å²) in [6.07, 6.45) is 1.33. The molecule has 0 spiro atoms. The molecule has 144 valence electrons. The van der Waals surface area contributed by atoms with E-state index < -0.39 is 0 Å². The van der Waals surface area contributed by atoms with Crippen LogP contribution < -0.4 is 15.4 Å². The molecule has 3 aromatic rings. The van der Waals surface area contributed by atoms with Gasteiger partial charge in [0, 0.05) is 17.4 Å². The van der Waals surface area contributed by atoms with Gasteiger partial charge in [0.1, 0.15) is 17.2 Å². The van der Waals surface area contributed by atoms with Crippen molar-refractivity contribution in [2.45, 2.75) is 26.2 Å². The van der Waals surface area contributed by atoms with Crippen molar-refractivity contribution >= 4 is 29.0 Å². The summed E-state index contributed by atoms with van der Waals surface area (Å²) in [5, 5.41) is 5.90. The highest BCUT2D eigenvalue weighted by molar-refractivity contribution is 6.29. The summed E-state index contributed by atoms with van der Waals surface area (Å²) in [6.45, 7) is 6.44. The van der Waals surface area contributed by atoms with Crippen LogP contribution in [0, 0.1) is 0 Å². The van der Waals surface area contributed by atoms with Gasteiger partial charge >= 0.3 is 6.03 Å². The van der Waals surface area contributed by atoms with Crippen molar-refractivity contribution in [2.24, 2.45) is 0 Å². The Balaban J connectivity index is 1.57. The molecule has 2 aromatic carbocycles. The lowest BCUT2D eigenvalue weighted by molar-refractivity contribution is 0.262. The molecule has 0 unspecified atom stereocenters. The number of halogens is 1. The highest BCUT2D eigenvalue weighted by Gasteiger charge is 2.13. The molecule has 0 fully saturated rings. The second-order valence-electron chi connectivity index (χ2n) is 7.21. The minimum Gasteiger partial charge on any atom is -0.439 e. The third kappa shape index (κ3) is 5.44. The lowest BCUT2D eigenvalue weighted by atomic mass is 9.87. The molecule has 0 aliphatic carbocycles. The predicted molar refractivity (Wildman–Crippen MR) is 111 cm³/mol. The van der Waals surface area contributed by atoms with Gasteiger partial charge in [0.05, 0.1) is 0 Å². The van der Waals surface area contributed by atoms with Crippen LogP contribution in [0.25, 0.3) is 0 Å². The van der Waals surface area contributed by atoms with Crippen LogP contribution in [0.15, 0.2) is 60.9 Å². The van der Waals surface area contributed by atoms with Gasteiger partial charge in [-0.25, -0.2) is 14.8 Å². The zero-order valence-electron chi connectivity index (χ0n) is 15.9. The summed E-state index contributed by atoms with van der Waals surface area (Å²) in [4.78, 5) is 20.0. The van der Waals surface area contributed by atoms with Crippen LogP contribution in [-0.4, -0.2) is 16.0 Å². The highest BCUT2D eigenvalue weighted by atomic mass is 35.5. The van der Waals surface area contributed by atoms with Gasteiger partial charge in [0.2, 0.25) is 5.88 Å². The standard InChI is InChI=1S/C21H21ClN4O2/c1-21(2,3)14-4-6-15(7-5-14)25-20(27)26-16-8-10-17(11-9-16)28-19-12-18(22)23-13-24-19/h4-13H,1-3H3,(H2,25,26,27). The van der Waals surface area contributed by atoms with E-state index in [9.17, 15) is 4.79 Å². The maximum absolute atomic E-state index is 12.2. The van der Waals surface area contributed by atoms with Gasteiger partial charge in [-0.2, -0.15) is 0 Å². The van der Waals surface area contributed by atoms with E-state index in [1.807, 2.05) is 24.3 Å². The van der Waals surface area contributed by atoms with Crippen molar-refractivity contribution in [3.8, 4) is 11.6 Å². The second-order valence-corrected chi connectivity index (χ2v) is 7.60. The third-order valence-corrected chi connectivity index (χ3v) is 4.16. The van der Waals surface area contributed by atoms with Crippen molar-refractivity contribution in [2.75, 3.05) is 10.6 Å². The Kier molecular flexibility index (Phi) is 5.80. The maximum atomic E-state index is 12.2. The average Bonchev–Trinajstić information content (AvgIpc) is 2.63. The van der Waals surface area contributed by atoms with Crippen molar-refractivity contribution in [1.82, 2.24) is 9.97 Å². The first kappa shape index (κ1) is 19.6. The molecule has 7 heteroatoms. The van der Waals surface area contributed by atoms with Crippen LogP contribution in [0.4, 0.5) is 16.2 Å². The number of hydrogen-bond acceptors (Lipinski definition) is 4. The van der Waals surface area contributed by atoms with Gasteiger partial charge in [0.15, 0.2) is 0 Å². The zero-order valence-corrected chi connectivity index (χ0v) is 16.6. The molecule has 0 saturated carbocycles. The molecule has 0 bridgehead atoms. The fourth-order valence-electron chi connectivity index (χ4n) is 2.45. The number of nitrogens with one attached hydrogen (secondary N) is 2. The highest BCUT2D eigenvalue weighted by Crippen LogP contribution is 2.24. The van der Waals surface area contributed by atoms with Gasteiger partial charge in [-0.05, 0) is 47.4 Å². The molecule has 1 aromatic heterocycles. The maximum Gasteiger partial charge on any atom is 0.323 e. The van der Waals surface area contributed by atoms with Crippen molar-refractivity contribution in [3.05, 3.63) is 71.6 Å². The largest absolute Gasteiger partial charge is 0.439 e. The fraction of sp³-hybridized carbons (Fsp3) is 0.190. The second kappa shape index (κ2) is 8.27. The summed E-state index contributed by atoms with van der Waals surface area (Å²) in [7, 11) is 0. The number of amides is 2. The van der Waals surface area contributed by atoms with Gasteiger partial charge < -0.3 is 15.4 Å². The monoisotopic (exact) mass is 396 g/mol. The van der Waals surface area contributed by atoms with Gasteiger partial charge in [-0.3, -0.25) is 0 Å². The van der Waals surface area contributed by atoms with Crippen LogP contribution in [0.1, 0.15) is 26.3 Å². The lowest BCUT2D eigenvalue weighted by Gasteiger charge is -2.19. The Morgan fingerprint density at radius 2 is 1.50 bits per heavy atom. The average molecular weight is 397 g/mol. The molecule has 0 saturated heterocycles. The number of nitrogens with zero attached hydrogens (tertiary/aromatic N) is 2. The first-order valence-electron chi connectivity index (χ1n) is 8.74. The number of hydrogen-bond donors (Lipinski definition) is 2. The number of aromatic nitrogens is 2. The van der Waals surface area contributed by atoms with Crippen LogP contribution in [0.5, 0.6) is 11.6 Å². The molecule has 3 rings (SSSR count). The minimum atomic E-state index is -0.320. The van der Waals surface area contributed by atoms with Crippen molar-refractivity contribution in [1.29, 1.82) is 0 Å². The molecule has 0 aliphatic heterocycles. The Bertz CT molecular complexity index is 951. The normalized spacial score (nSPS) is 11.0. The molecule has 1 heterocycles. The van der Waals surface area contributed by atoms with Gasteiger partial charge in [-0.15, -0.1) is 0 Å². The Labute approximate surface area is 168 Å². The molecule has 0 atom stereocenters. The molecular formula is C21H21ClN4O2. The number of rotatable bonds is 4. The van der Waals surface area contributed by atoms with E-state index in [-0.39, 0.29) is 11.4 Å². The zero-order chi connectivity index (χ0) is 20.1. The van der Waals surface area contributed by atoms with E-state index in [0.717, 1.165) is 5.69 Å². The number of ether oxygens (including phenoxy) is 1. The molecule has 0 radical (unpaired) electrons. The van der Waals surface area contributed by atoms with E-state index in [4.69, 9.17) is 16.3 Å². The van der Waals surface area contributed by atoms with E-state index in [2.05, 4.69) is 41.4 Å². The SMILES string of the molecule is CC(C)(C)c1ccc(NC(=O)Nc2ccc(Oc3cc(Cl)ncn3)cc2)cc1. The Morgan fingerprint density at radius 3 is 2.04 bits per heavy atom. The topological polar surface area (TPSA) is 76.1 Å². The van der Waals surface area contributed by atoms with Crippen molar-refractivity contribution in [3.63, 3.8) is 0 Å². The molecule has 2 N–H and O–H groups in total. The quantitative estimate of drug-likeness (QED) is 0.541. The Hall–Kier alpha value is -3.12. The van der Waals surface area contributed by atoms with Crippen LogP contribution >= 0.6 is 11.6 Å². The summed E-state index contributed by atoms with van der Waals surface area (Å²) in [6, 6.07) is 15.9. The molecule has 0 aliphatic rings. The van der Waals surface area contributed by atoms with E-state index >= 15 is 0 Å². The van der Waals surface area contributed by atoms with Crippen molar-refractivity contribution < 1.29 is 9.53 Å². The Morgan fingerprint density at radius 1 is 0.929 bits per heavy atom. The molecule has 2 amide bonds.